The van der Waals surface area contributed by atoms with Crippen LogP contribution in [0.1, 0.15) is 44.8 Å². The molecule has 1 aliphatic carbocycles. The monoisotopic (exact) mass is 420 g/mol. The van der Waals surface area contributed by atoms with Crippen LogP contribution in [-0.4, -0.2) is 22.0 Å². The number of carboxylic acids is 1. The van der Waals surface area contributed by atoms with E-state index in [0.717, 1.165) is 24.0 Å². The number of nitrogens with one attached hydrogen (secondary N) is 1. The lowest BCUT2D eigenvalue weighted by Gasteiger charge is -2.12. The maximum Gasteiger partial charge on any atom is 0.335 e. The molecule has 0 unspecified atom stereocenters. The topological polar surface area (TPSA) is 88.5 Å². The number of carbonyl (C=O) groups excluding carboxylic acids is 1. The van der Waals surface area contributed by atoms with E-state index in [1.54, 1.807) is 30.3 Å². The lowest BCUT2D eigenvalue weighted by Crippen LogP contribution is -2.25. The maximum absolute atomic E-state index is 13.9. The number of carboxylic acid groups (broad SMARTS) is 1. The van der Waals surface area contributed by atoms with Gasteiger partial charge in [-0.05, 0) is 66.6 Å². The van der Waals surface area contributed by atoms with Crippen molar-refractivity contribution in [2.75, 3.05) is 0 Å². The van der Waals surface area contributed by atoms with Crippen LogP contribution in [0.5, 0.6) is 11.5 Å². The van der Waals surface area contributed by atoms with E-state index < -0.39 is 11.8 Å². The molecule has 31 heavy (non-hydrogen) atoms. The molecule has 7 heteroatoms. The van der Waals surface area contributed by atoms with Crippen LogP contribution in [0.2, 0.25) is 0 Å². The van der Waals surface area contributed by atoms with Gasteiger partial charge in [-0.2, -0.15) is 0 Å². The van der Waals surface area contributed by atoms with Crippen molar-refractivity contribution in [1.29, 1.82) is 0 Å². The third-order valence-electron chi connectivity index (χ3n) is 5.08. The zero-order valence-corrected chi connectivity index (χ0v) is 16.7. The van der Waals surface area contributed by atoms with Gasteiger partial charge in [-0.25, -0.2) is 14.2 Å². The third-order valence-corrected chi connectivity index (χ3v) is 5.08. The van der Waals surface area contributed by atoms with Crippen LogP contribution in [0.3, 0.4) is 0 Å². The summed E-state index contributed by atoms with van der Waals surface area (Å²) in [7, 11) is 0. The second-order valence-corrected chi connectivity index (χ2v) is 7.54. The normalized spacial score (nSPS) is 12.9. The molecular weight excluding hydrogens is 399 g/mol. The standard InChI is InChI=1S/C24H21FN2O4/c25-20-3-1-2-4-21(20)31-19-12-18(11-15-5-6-15)22(26-14-19)23(28)27-13-16-7-9-17(10-8-16)24(29)30/h1-4,7-10,12,14-15H,5-6,11,13H2,(H,27,28)(H,29,30). The maximum atomic E-state index is 13.9. The Morgan fingerprint density at radius 3 is 2.55 bits per heavy atom. The summed E-state index contributed by atoms with van der Waals surface area (Å²) in [6.45, 7) is 0.247. The first kappa shape index (κ1) is 20.5. The lowest BCUT2D eigenvalue weighted by atomic mass is 10.1. The summed E-state index contributed by atoms with van der Waals surface area (Å²) >= 11 is 0. The van der Waals surface area contributed by atoms with Crippen LogP contribution in [0.4, 0.5) is 4.39 Å². The van der Waals surface area contributed by atoms with Gasteiger partial charge >= 0.3 is 5.97 Å². The highest BCUT2D eigenvalue weighted by Crippen LogP contribution is 2.34. The molecule has 4 rings (SSSR count). The molecule has 3 aromatic rings. The zero-order chi connectivity index (χ0) is 21.8. The fourth-order valence-corrected chi connectivity index (χ4v) is 3.22. The van der Waals surface area contributed by atoms with Crippen molar-refractivity contribution in [3.63, 3.8) is 0 Å². The molecule has 1 fully saturated rings. The van der Waals surface area contributed by atoms with Gasteiger partial charge in [-0.15, -0.1) is 0 Å². The molecule has 0 saturated heterocycles. The smallest absolute Gasteiger partial charge is 0.335 e. The van der Waals surface area contributed by atoms with E-state index in [4.69, 9.17) is 9.84 Å². The van der Waals surface area contributed by atoms with Crippen LogP contribution in [-0.2, 0) is 13.0 Å². The van der Waals surface area contributed by atoms with Gasteiger partial charge in [-0.3, -0.25) is 4.79 Å². The molecule has 2 aromatic carbocycles. The molecule has 0 radical (unpaired) electrons. The number of hydrogen-bond acceptors (Lipinski definition) is 4. The molecule has 1 aliphatic rings. The number of nitrogens with zero attached hydrogens (tertiary/aromatic N) is 1. The first-order valence-electron chi connectivity index (χ1n) is 10.0. The van der Waals surface area contributed by atoms with Crippen LogP contribution in [0.15, 0.2) is 60.8 Å². The van der Waals surface area contributed by atoms with E-state index in [-0.39, 0.29) is 23.8 Å². The minimum Gasteiger partial charge on any atom is -0.478 e. The predicted octanol–water partition coefficient (Wildman–Crippen LogP) is 4.59. The van der Waals surface area contributed by atoms with Crippen molar-refractivity contribution in [2.24, 2.45) is 5.92 Å². The summed E-state index contributed by atoms with van der Waals surface area (Å²) < 4.78 is 19.5. The second kappa shape index (κ2) is 8.95. The van der Waals surface area contributed by atoms with E-state index in [1.807, 2.05) is 0 Å². The van der Waals surface area contributed by atoms with Crippen LogP contribution < -0.4 is 10.1 Å². The molecule has 1 saturated carbocycles. The SMILES string of the molecule is O=C(O)c1ccc(CNC(=O)c2ncc(Oc3ccccc3F)cc2CC2CC2)cc1. The zero-order valence-electron chi connectivity index (χ0n) is 16.7. The number of para-hydroxylation sites is 1. The highest BCUT2D eigenvalue weighted by Gasteiger charge is 2.25. The molecule has 1 heterocycles. The molecule has 1 amide bonds. The summed E-state index contributed by atoms with van der Waals surface area (Å²) in [6.07, 6.45) is 4.34. The summed E-state index contributed by atoms with van der Waals surface area (Å²) in [6, 6.07) is 14.2. The number of aromatic carboxylic acids is 1. The molecule has 0 aliphatic heterocycles. The minimum absolute atomic E-state index is 0.101. The minimum atomic E-state index is -0.998. The van der Waals surface area contributed by atoms with Gasteiger partial charge < -0.3 is 15.2 Å². The van der Waals surface area contributed by atoms with Crippen molar-refractivity contribution in [3.8, 4) is 11.5 Å². The number of halogens is 1. The lowest BCUT2D eigenvalue weighted by molar-refractivity contribution is 0.0696. The van der Waals surface area contributed by atoms with Crippen LogP contribution >= 0.6 is 0 Å². The number of pyridine rings is 1. The molecular formula is C24H21FN2O4. The van der Waals surface area contributed by atoms with Crippen molar-refractivity contribution in [1.82, 2.24) is 10.3 Å². The molecule has 158 valence electrons. The molecule has 0 bridgehead atoms. The Labute approximate surface area is 178 Å². The van der Waals surface area contributed by atoms with E-state index in [2.05, 4.69) is 10.3 Å². The Morgan fingerprint density at radius 1 is 1.13 bits per heavy atom. The van der Waals surface area contributed by atoms with Gasteiger partial charge in [0.15, 0.2) is 11.6 Å². The first-order chi connectivity index (χ1) is 15.0. The van der Waals surface area contributed by atoms with Crippen LogP contribution in [0.25, 0.3) is 0 Å². The Bertz CT molecular complexity index is 1110. The molecule has 2 N–H and O–H groups in total. The number of amides is 1. The van der Waals surface area contributed by atoms with Crippen LogP contribution in [0, 0.1) is 11.7 Å². The number of hydrogen-bond donors (Lipinski definition) is 2. The highest BCUT2D eigenvalue weighted by atomic mass is 19.1. The number of benzene rings is 2. The fraction of sp³-hybridized carbons (Fsp3) is 0.208. The summed E-state index contributed by atoms with van der Waals surface area (Å²) in [5.74, 6) is -0.801. The quantitative estimate of drug-likeness (QED) is 0.556. The highest BCUT2D eigenvalue weighted by molar-refractivity contribution is 5.94. The van der Waals surface area contributed by atoms with Gasteiger partial charge in [0.25, 0.3) is 5.91 Å². The number of aromatic nitrogens is 1. The van der Waals surface area contributed by atoms with Gasteiger partial charge in [-0.1, -0.05) is 24.3 Å². The number of ether oxygens (including phenoxy) is 1. The average molecular weight is 420 g/mol. The Morgan fingerprint density at radius 2 is 1.87 bits per heavy atom. The third kappa shape index (κ3) is 5.25. The average Bonchev–Trinajstić information content (AvgIpc) is 3.58. The van der Waals surface area contributed by atoms with E-state index in [1.165, 1.54) is 30.5 Å². The molecule has 0 atom stereocenters. The van der Waals surface area contributed by atoms with E-state index in [9.17, 15) is 14.0 Å². The van der Waals surface area contributed by atoms with Gasteiger partial charge in [0.1, 0.15) is 11.4 Å². The Hall–Kier alpha value is -3.74. The Balaban J connectivity index is 1.48. The summed E-state index contributed by atoms with van der Waals surface area (Å²) in [5, 5.41) is 11.8. The van der Waals surface area contributed by atoms with E-state index in [0.29, 0.717) is 23.8 Å². The fourth-order valence-electron chi connectivity index (χ4n) is 3.22. The predicted molar refractivity (Wildman–Crippen MR) is 112 cm³/mol. The molecule has 6 nitrogen and oxygen atoms in total. The second-order valence-electron chi connectivity index (χ2n) is 7.54. The summed E-state index contributed by atoms with van der Waals surface area (Å²) in [4.78, 5) is 28.0. The van der Waals surface area contributed by atoms with Gasteiger partial charge in [0.05, 0.1) is 11.8 Å². The van der Waals surface area contributed by atoms with E-state index >= 15 is 0 Å². The summed E-state index contributed by atoms with van der Waals surface area (Å²) in [5.41, 5.74) is 2.04. The molecule has 0 spiro atoms. The van der Waals surface area contributed by atoms with Crippen molar-refractivity contribution in [2.45, 2.75) is 25.8 Å². The largest absolute Gasteiger partial charge is 0.478 e. The van der Waals surface area contributed by atoms with Gasteiger partial charge in [0, 0.05) is 6.54 Å². The Kier molecular flexibility index (Phi) is 5.93. The van der Waals surface area contributed by atoms with Crippen molar-refractivity contribution in [3.05, 3.63) is 89.0 Å². The first-order valence-corrected chi connectivity index (χ1v) is 10.0. The molecule has 1 aromatic heterocycles. The van der Waals surface area contributed by atoms with Gasteiger partial charge in [0.2, 0.25) is 0 Å². The number of carbonyl (C=O) groups is 2. The van der Waals surface area contributed by atoms with Crippen molar-refractivity contribution < 1.29 is 23.8 Å². The van der Waals surface area contributed by atoms with Crippen molar-refractivity contribution >= 4 is 11.9 Å². The number of rotatable bonds is 8.